The number of nitrogens with zero attached hydrogens (tertiary/aromatic N) is 5. The van der Waals surface area contributed by atoms with Crippen LogP contribution in [0.25, 0.3) is 11.0 Å². The third-order valence-electron chi connectivity index (χ3n) is 3.07. The second-order valence-corrected chi connectivity index (χ2v) is 4.75. The second kappa shape index (κ2) is 5.84. The van der Waals surface area contributed by atoms with Crippen molar-refractivity contribution in [2.24, 2.45) is 7.05 Å². The maximum absolute atomic E-state index is 11.6. The third kappa shape index (κ3) is 2.90. The van der Waals surface area contributed by atoms with Crippen molar-refractivity contribution in [3.63, 3.8) is 0 Å². The molecule has 0 aliphatic rings. The molecule has 0 aromatic carbocycles. The van der Waals surface area contributed by atoms with Gasteiger partial charge in [-0.1, -0.05) is 0 Å². The first kappa shape index (κ1) is 14.1. The van der Waals surface area contributed by atoms with E-state index in [0.717, 1.165) is 11.1 Å². The van der Waals surface area contributed by atoms with E-state index in [-0.39, 0.29) is 12.5 Å². The number of carbonyl (C=O) groups is 1. The maximum atomic E-state index is 11.6. The van der Waals surface area contributed by atoms with Crippen molar-refractivity contribution in [3.8, 4) is 0 Å². The fraction of sp³-hybridized carbons (Fsp3) is 0.286. The van der Waals surface area contributed by atoms with E-state index >= 15 is 0 Å². The SMILES string of the molecule is CCOC(=O)Cn1ccc2cnc(Nc3cnn(C)c3)nc21. The van der Waals surface area contributed by atoms with Crippen LogP contribution in [0.2, 0.25) is 0 Å². The standard InChI is InChI=1S/C14H16N6O2/c1-3-22-12(21)9-20-5-4-10-6-15-14(18-13(10)20)17-11-7-16-19(2)8-11/h4-8H,3,9H2,1-2H3,(H,15,17,18). The van der Waals surface area contributed by atoms with Crippen LogP contribution in [-0.4, -0.2) is 36.9 Å². The largest absolute Gasteiger partial charge is 0.465 e. The van der Waals surface area contributed by atoms with Gasteiger partial charge in [0.2, 0.25) is 5.95 Å². The maximum Gasteiger partial charge on any atom is 0.325 e. The molecule has 1 N–H and O–H groups in total. The van der Waals surface area contributed by atoms with Crippen LogP contribution in [0.4, 0.5) is 11.6 Å². The zero-order valence-corrected chi connectivity index (χ0v) is 12.4. The highest BCUT2D eigenvalue weighted by atomic mass is 16.5. The van der Waals surface area contributed by atoms with Gasteiger partial charge in [-0.2, -0.15) is 10.1 Å². The summed E-state index contributed by atoms with van der Waals surface area (Å²) in [6.45, 7) is 2.27. The summed E-state index contributed by atoms with van der Waals surface area (Å²) in [6.07, 6.45) is 7.02. The molecular weight excluding hydrogens is 284 g/mol. The summed E-state index contributed by atoms with van der Waals surface area (Å²) in [4.78, 5) is 20.3. The van der Waals surface area contributed by atoms with Crippen molar-refractivity contribution in [2.45, 2.75) is 13.5 Å². The molecule has 0 aliphatic heterocycles. The lowest BCUT2D eigenvalue weighted by Crippen LogP contribution is -2.13. The van der Waals surface area contributed by atoms with Gasteiger partial charge in [-0.3, -0.25) is 9.48 Å². The summed E-state index contributed by atoms with van der Waals surface area (Å²) in [5.74, 6) is 0.157. The molecule has 0 bridgehead atoms. The van der Waals surface area contributed by atoms with E-state index in [1.807, 2.05) is 19.3 Å². The van der Waals surface area contributed by atoms with Gasteiger partial charge in [-0.15, -0.1) is 0 Å². The Balaban J connectivity index is 1.86. The lowest BCUT2D eigenvalue weighted by atomic mass is 10.4. The van der Waals surface area contributed by atoms with Gasteiger partial charge < -0.3 is 14.6 Å². The van der Waals surface area contributed by atoms with Crippen LogP contribution < -0.4 is 5.32 Å². The molecule has 0 unspecified atom stereocenters. The Bertz CT molecular complexity index is 807. The lowest BCUT2D eigenvalue weighted by Gasteiger charge is -2.06. The molecule has 0 saturated carbocycles. The highest BCUT2D eigenvalue weighted by molar-refractivity contribution is 5.79. The van der Waals surface area contributed by atoms with Crippen LogP contribution >= 0.6 is 0 Å². The number of rotatable bonds is 5. The normalized spacial score (nSPS) is 10.8. The topological polar surface area (TPSA) is 86.9 Å². The van der Waals surface area contributed by atoms with Crippen molar-refractivity contribution in [3.05, 3.63) is 30.9 Å². The van der Waals surface area contributed by atoms with Crippen LogP contribution in [0.1, 0.15) is 6.92 Å². The Morgan fingerprint density at radius 1 is 1.41 bits per heavy atom. The predicted molar refractivity (Wildman–Crippen MR) is 80.7 cm³/mol. The van der Waals surface area contributed by atoms with E-state index < -0.39 is 0 Å². The molecule has 0 spiro atoms. The van der Waals surface area contributed by atoms with Gasteiger partial charge in [0, 0.05) is 31.0 Å². The van der Waals surface area contributed by atoms with Crippen LogP contribution in [0, 0.1) is 0 Å². The van der Waals surface area contributed by atoms with E-state index in [0.29, 0.717) is 18.2 Å². The highest BCUT2D eigenvalue weighted by Gasteiger charge is 2.10. The van der Waals surface area contributed by atoms with Gasteiger partial charge in [0.1, 0.15) is 12.2 Å². The van der Waals surface area contributed by atoms with Crippen molar-refractivity contribution in [2.75, 3.05) is 11.9 Å². The van der Waals surface area contributed by atoms with Gasteiger partial charge in [0.25, 0.3) is 0 Å². The Labute approximate surface area is 126 Å². The minimum absolute atomic E-state index is 0.126. The van der Waals surface area contributed by atoms with Crippen LogP contribution in [0.15, 0.2) is 30.9 Å². The summed E-state index contributed by atoms with van der Waals surface area (Å²) < 4.78 is 8.39. The van der Waals surface area contributed by atoms with E-state index in [1.165, 1.54) is 0 Å². The number of aromatic nitrogens is 5. The Morgan fingerprint density at radius 2 is 2.27 bits per heavy atom. The molecule has 0 atom stereocenters. The smallest absolute Gasteiger partial charge is 0.325 e. The molecule has 8 nitrogen and oxygen atoms in total. The lowest BCUT2D eigenvalue weighted by molar-refractivity contribution is -0.143. The Hall–Kier alpha value is -2.90. The molecule has 0 fully saturated rings. The van der Waals surface area contributed by atoms with Crippen LogP contribution in [0.3, 0.4) is 0 Å². The van der Waals surface area contributed by atoms with Gasteiger partial charge in [0.15, 0.2) is 0 Å². The summed E-state index contributed by atoms with van der Waals surface area (Å²) >= 11 is 0. The molecule has 0 saturated heterocycles. The van der Waals surface area contributed by atoms with Gasteiger partial charge in [0.05, 0.1) is 18.5 Å². The van der Waals surface area contributed by atoms with Gasteiger partial charge >= 0.3 is 5.97 Å². The first-order chi connectivity index (χ1) is 10.7. The number of esters is 1. The first-order valence-electron chi connectivity index (χ1n) is 6.89. The number of carbonyl (C=O) groups excluding carboxylic acids is 1. The molecular formula is C14H16N6O2. The summed E-state index contributed by atoms with van der Waals surface area (Å²) in [7, 11) is 1.83. The Morgan fingerprint density at radius 3 is 3.00 bits per heavy atom. The highest BCUT2D eigenvalue weighted by Crippen LogP contribution is 2.17. The number of fused-ring (bicyclic) bond motifs is 1. The Kier molecular flexibility index (Phi) is 3.73. The number of hydrogen-bond acceptors (Lipinski definition) is 6. The average molecular weight is 300 g/mol. The minimum Gasteiger partial charge on any atom is -0.465 e. The first-order valence-corrected chi connectivity index (χ1v) is 6.89. The third-order valence-corrected chi connectivity index (χ3v) is 3.07. The molecule has 22 heavy (non-hydrogen) atoms. The molecule has 0 amide bonds. The number of anilines is 2. The van der Waals surface area contributed by atoms with E-state index in [9.17, 15) is 4.79 Å². The minimum atomic E-state index is -0.291. The average Bonchev–Trinajstić information content (AvgIpc) is 3.06. The zero-order chi connectivity index (χ0) is 15.5. The molecule has 0 radical (unpaired) electrons. The van der Waals surface area contributed by atoms with Crippen molar-refractivity contribution < 1.29 is 9.53 Å². The summed E-state index contributed by atoms with van der Waals surface area (Å²) in [5.41, 5.74) is 1.47. The fourth-order valence-corrected chi connectivity index (χ4v) is 2.12. The number of nitrogens with one attached hydrogen (secondary N) is 1. The number of ether oxygens (including phenoxy) is 1. The molecule has 114 valence electrons. The van der Waals surface area contributed by atoms with Crippen molar-refractivity contribution in [1.82, 2.24) is 24.3 Å². The molecule has 0 aliphatic carbocycles. The van der Waals surface area contributed by atoms with E-state index in [2.05, 4.69) is 20.4 Å². The number of aryl methyl sites for hydroxylation is 1. The van der Waals surface area contributed by atoms with Crippen molar-refractivity contribution >= 4 is 28.6 Å². The van der Waals surface area contributed by atoms with Crippen LogP contribution in [-0.2, 0) is 23.1 Å². The van der Waals surface area contributed by atoms with Crippen molar-refractivity contribution in [1.29, 1.82) is 0 Å². The van der Waals surface area contributed by atoms with E-state index in [4.69, 9.17) is 4.74 Å². The molecule has 8 heteroatoms. The molecule has 3 heterocycles. The summed E-state index contributed by atoms with van der Waals surface area (Å²) in [5, 5.41) is 8.01. The quantitative estimate of drug-likeness (QED) is 0.718. The van der Waals surface area contributed by atoms with Gasteiger partial charge in [-0.25, -0.2) is 4.98 Å². The van der Waals surface area contributed by atoms with Crippen LogP contribution in [0.5, 0.6) is 0 Å². The number of hydrogen-bond donors (Lipinski definition) is 1. The van der Waals surface area contributed by atoms with Gasteiger partial charge in [-0.05, 0) is 13.0 Å². The monoisotopic (exact) mass is 300 g/mol. The predicted octanol–water partition coefficient (Wildman–Crippen LogP) is 1.47. The summed E-state index contributed by atoms with van der Waals surface area (Å²) in [6, 6.07) is 1.86. The fourth-order valence-electron chi connectivity index (χ4n) is 2.12. The van der Waals surface area contributed by atoms with E-state index in [1.54, 1.807) is 34.8 Å². The molecule has 3 rings (SSSR count). The molecule has 3 aromatic heterocycles. The molecule has 3 aromatic rings. The second-order valence-electron chi connectivity index (χ2n) is 4.75. The zero-order valence-electron chi connectivity index (χ0n) is 12.4.